The van der Waals surface area contributed by atoms with E-state index in [4.69, 9.17) is 11.6 Å². The lowest BCUT2D eigenvalue weighted by molar-refractivity contribution is -0.150. The van der Waals surface area contributed by atoms with Crippen LogP contribution in [0.3, 0.4) is 0 Å². The second kappa shape index (κ2) is 9.79. The standard InChI is InChI=1S/C27H25ClN2O4/c1-27(34)16-21(31)23(25(32)29-19-11-4-2-5-12-19)22(17-9-8-10-18(28)15-17)24(27)26(33)30-20-13-6-3-7-14-20/h2-15,22-24,34H,16H2,1H3,(H,29,32)(H,30,33). The van der Waals surface area contributed by atoms with Crippen LogP contribution >= 0.6 is 11.6 Å². The summed E-state index contributed by atoms with van der Waals surface area (Å²) >= 11 is 6.24. The van der Waals surface area contributed by atoms with Gasteiger partial charge in [0, 0.05) is 28.7 Å². The van der Waals surface area contributed by atoms with Gasteiger partial charge in [-0.05, 0) is 48.9 Å². The minimum Gasteiger partial charge on any atom is -0.389 e. The van der Waals surface area contributed by atoms with Gasteiger partial charge in [0.15, 0.2) is 0 Å². The number of ketones is 1. The highest BCUT2D eigenvalue weighted by molar-refractivity contribution is 6.30. The number of Topliss-reactive ketones (excluding diaryl/α,β-unsaturated/α-hetero) is 1. The largest absolute Gasteiger partial charge is 0.389 e. The van der Waals surface area contributed by atoms with E-state index >= 15 is 0 Å². The van der Waals surface area contributed by atoms with Crippen LogP contribution in [0.2, 0.25) is 5.02 Å². The molecule has 4 atom stereocenters. The van der Waals surface area contributed by atoms with Gasteiger partial charge in [-0.25, -0.2) is 0 Å². The van der Waals surface area contributed by atoms with Gasteiger partial charge in [-0.2, -0.15) is 0 Å². The van der Waals surface area contributed by atoms with Gasteiger partial charge < -0.3 is 15.7 Å². The van der Waals surface area contributed by atoms with E-state index in [2.05, 4.69) is 10.6 Å². The maximum Gasteiger partial charge on any atom is 0.235 e. The van der Waals surface area contributed by atoms with Gasteiger partial charge in [-0.3, -0.25) is 14.4 Å². The molecule has 0 heterocycles. The Morgan fingerprint density at radius 3 is 2.00 bits per heavy atom. The summed E-state index contributed by atoms with van der Waals surface area (Å²) in [5.74, 6) is -4.66. The Kier molecular flexibility index (Phi) is 6.82. The van der Waals surface area contributed by atoms with Crippen LogP contribution in [0.15, 0.2) is 84.9 Å². The van der Waals surface area contributed by atoms with E-state index < -0.39 is 41.0 Å². The zero-order valence-corrected chi connectivity index (χ0v) is 19.3. The van der Waals surface area contributed by atoms with Crippen molar-refractivity contribution in [3.63, 3.8) is 0 Å². The van der Waals surface area contributed by atoms with Gasteiger partial charge in [-0.15, -0.1) is 0 Å². The summed E-state index contributed by atoms with van der Waals surface area (Å²) in [6.45, 7) is 1.46. The molecule has 0 aromatic heterocycles. The van der Waals surface area contributed by atoms with Gasteiger partial charge in [0.25, 0.3) is 0 Å². The Morgan fingerprint density at radius 1 is 0.882 bits per heavy atom. The Hall–Kier alpha value is -3.48. The summed E-state index contributed by atoms with van der Waals surface area (Å²) in [6.07, 6.45) is -0.330. The van der Waals surface area contributed by atoms with E-state index in [-0.39, 0.29) is 6.42 Å². The number of anilines is 2. The molecule has 4 rings (SSSR count). The highest BCUT2D eigenvalue weighted by Crippen LogP contribution is 2.47. The highest BCUT2D eigenvalue weighted by atomic mass is 35.5. The monoisotopic (exact) mass is 476 g/mol. The molecule has 2 amide bonds. The van der Waals surface area contributed by atoms with E-state index in [1.165, 1.54) is 6.92 Å². The predicted octanol–water partition coefficient (Wildman–Crippen LogP) is 4.66. The molecule has 0 saturated heterocycles. The van der Waals surface area contributed by atoms with Crippen molar-refractivity contribution in [1.82, 2.24) is 0 Å². The molecule has 1 aliphatic rings. The van der Waals surface area contributed by atoms with Crippen LogP contribution in [0, 0.1) is 11.8 Å². The van der Waals surface area contributed by atoms with Crippen molar-refractivity contribution < 1.29 is 19.5 Å². The Balaban J connectivity index is 1.77. The molecule has 1 saturated carbocycles. The summed E-state index contributed by atoms with van der Waals surface area (Å²) in [7, 11) is 0. The van der Waals surface area contributed by atoms with Crippen LogP contribution in [-0.4, -0.2) is 28.3 Å². The molecule has 4 unspecified atom stereocenters. The Bertz CT molecular complexity index is 1200. The molecule has 0 bridgehead atoms. The molecule has 3 N–H and O–H groups in total. The molecule has 7 heteroatoms. The molecule has 6 nitrogen and oxygen atoms in total. The molecule has 3 aromatic carbocycles. The summed E-state index contributed by atoms with van der Waals surface area (Å²) < 4.78 is 0. The SMILES string of the molecule is CC1(O)CC(=O)C(C(=O)Nc2ccccc2)C(c2cccc(Cl)c2)C1C(=O)Nc1ccccc1. The fraction of sp³-hybridized carbons (Fsp3) is 0.222. The molecule has 1 aliphatic carbocycles. The van der Waals surface area contributed by atoms with Crippen LogP contribution in [0.1, 0.15) is 24.8 Å². The average molecular weight is 477 g/mol. The molecule has 1 fully saturated rings. The van der Waals surface area contributed by atoms with Crippen molar-refractivity contribution in [3.05, 3.63) is 95.5 Å². The second-order valence-electron chi connectivity index (χ2n) is 8.75. The minimum absolute atomic E-state index is 0.330. The van der Waals surface area contributed by atoms with Gasteiger partial charge in [-0.1, -0.05) is 60.1 Å². The summed E-state index contributed by atoms with van der Waals surface area (Å²) in [5, 5.41) is 17.3. The average Bonchev–Trinajstić information content (AvgIpc) is 2.79. The lowest BCUT2D eigenvalue weighted by Crippen LogP contribution is -2.56. The van der Waals surface area contributed by atoms with Crippen molar-refractivity contribution in [2.24, 2.45) is 11.8 Å². The number of benzene rings is 3. The number of carbonyl (C=O) groups is 3. The van der Waals surface area contributed by atoms with Crippen LogP contribution in [-0.2, 0) is 14.4 Å². The molecule has 3 aromatic rings. The summed E-state index contributed by atoms with van der Waals surface area (Å²) in [5.41, 5.74) is -0.0581. The first-order chi connectivity index (χ1) is 16.3. The Morgan fingerprint density at radius 2 is 1.44 bits per heavy atom. The number of amides is 2. The number of halogens is 1. The van der Waals surface area contributed by atoms with Crippen molar-refractivity contribution in [1.29, 1.82) is 0 Å². The van der Waals surface area contributed by atoms with Gasteiger partial charge >= 0.3 is 0 Å². The quantitative estimate of drug-likeness (QED) is 0.467. The van der Waals surface area contributed by atoms with Crippen LogP contribution in [0.4, 0.5) is 11.4 Å². The topological polar surface area (TPSA) is 95.5 Å². The minimum atomic E-state index is -1.67. The van der Waals surface area contributed by atoms with E-state index in [1.807, 2.05) is 12.1 Å². The zero-order valence-electron chi connectivity index (χ0n) is 18.6. The molecule has 174 valence electrons. The maximum atomic E-state index is 13.5. The molecule has 34 heavy (non-hydrogen) atoms. The fourth-order valence-electron chi connectivity index (χ4n) is 4.69. The third-order valence-electron chi connectivity index (χ3n) is 6.15. The normalized spacial score (nSPS) is 24.3. The maximum absolute atomic E-state index is 13.5. The third kappa shape index (κ3) is 5.03. The number of hydrogen-bond acceptors (Lipinski definition) is 4. The number of nitrogens with one attached hydrogen (secondary N) is 2. The molecular weight excluding hydrogens is 452 g/mol. The zero-order chi connectivity index (χ0) is 24.3. The van der Waals surface area contributed by atoms with Crippen molar-refractivity contribution in [2.75, 3.05) is 10.6 Å². The van der Waals surface area contributed by atoms with Gasteiger partial charge in [0.1, 0.15) is 11.7 Å². The van der Waals surface area contributed by atoms with Crippen LogP contribution in [0.25, 0.3) is 0 Å². The lowest BCUT2D eigenvalue weighted by Gasteiger charge is -2.44. The van der Waals surface area contributed by atoms with Crippen molar-refractivity contribution in [2.45, 2.75) is 24.9 Å². The third-order valence-corrected chi connectivity index (χ3v) is 6.38. The van der Waals surface area contributed by atoms with Gasteiger partial charge in [0.2, 0.25) is 11.8 Å². The number of para-hydroxylation sites is 2. The first kappa shape index (κ1) is 23.7. The molecular formula is C27H25ClN2O4. The number of carbonyl (C=O) groups excluding carboxylic acids is 3. The van der Waals surface area contributed by atoms with E-state index in [9.17, 15) is 19.5 Å². The number of hydrogen-bond donors (Lipinski definition) is 3. The second-order valence-corrected chi connectivity index (χ2v) is 9.18. The lowest BCUT2D eigenvalue weighted by atomic mass is 9.61. The van der Waals surface area contributed by atoms with Crippen molar-refractivity contribution >= 4 is 40.6 Å². The van der Waals surface area contributed by atoms with E-state index in [0.29, 0.717) is 22.0 Å². The summed E-state index contributed by atoms with van der Waals surface area (Å²) in [6, 6.07) is 24.4. The first-order valence-electron chi connectivity index (χ1n) is 11.0. The summed E-state index contributed by atoms with van der Waals surface area (Å²) in [4.78, 5) is 40.2. The first-order valence-corrected chi connectivity index (χ1v) is 11.4. The molecule has 0 aliphatic heterocycles. The van der Waals surface area contributed by atoms with Crippen LogP contribution < -0.4 is 10.6 Å². The van der Waals surface area contributed by atoms with E-state index in [0.717, 1.165) is 0 Å². The predicted molar refractivity (Wildman–Crippen MR) is 132 cm³/mol. The fourth-order valence-corrected chi connectivity index (χ4v) is 4.89. The molecule has 0 radical (unpaired) electrons. The number of aliphatic hydroxyl groups is 1. The van der Waals surface area contributed by atoms with Crippen molar-refractivity contribution in [3.8, 4) is 0 Å². The van der Waals surface area contributed by atoms with Gasteiger partial charge in [0.05, 0.1) is 11.5 Å². The van der Waals surface area contributed by atoms with Crippen LogP contribution in [0.5, 0.6) is 0 Å². The van der Waals surface area contributed by atoms with E-state index in [1.54, 1.807) is 72.8 Å². The highest BCUT2D eigenvalue weighted by Gasteiger charge is 2.55. The number of rotatable bonds is 5. The Labute approximate surface area is 203 Å². The smallest absolute Gasteiger partial charge is 0.235 e. The molecule has 0 spiro atoms.